The number of carbonyl (C=O) groups excluding carboxylic acids is 1. The predicted octanol–water partition coefficient (Wildman–Crippen LogP) is 12.6. The van der Waals surface area contributed by atoms with E-state index in [9.17, 15) is 9.90 Å². The second-order valence-corrected chi connectivity index (χ2v) is 15.2. The van der Waals surface area contributed by atoms with Crippen molar-refractivity contribution >= 4 is 5.97 Å². The van der Waals surface area contributed by atoms with Crippen molar-refractivity contribution < 1.29 is 19.4 Å². The van der Waals surface area contributed by atoms with E-state index in [2.05, 4.69) is 25.7 Å². The van der Waals surface area contributed by atoms with E-state index < -0.39 is 0 Å². The molecule has 48 heavy (non-hydrogen) atoms. The van der Waals surface area contributed by atoms with Crippen LogP contribution in [0.15, 0.2) is 0 Å². The molecule has 0 aromatic carbocycles. The van der Waals surface area contributed by atoms with Crippen LogP contribution in [0.2, 0.25) is 0 Å². The van der Waals surface area contributed by atoms with Gasteiger partial charge in [-0.3, -0.25) is 4.79 Å². The minimum atomic E-state index is 0.0323. The molecular weight excluding hydrogens is 594 g/mol. The summed E-state index contributed by atoms with van der Waals surface area (Å²) in [6.07, 6.45) is 38.6. The maximum absolute atomic E-state index is 12.7. The maximum Gasteiger partial charge on any atom is 0.306 e. The molecule has 0 aliphatic rings. The standard InChI is InChI=1S/C43H87NO4/c1-5-7-9-11-17-25-33-42(34-26-18-12-10-8-6-2)48-43(46)35-27-19-15-20-28-36-44(38-39-45)37-29-22-24-32-41(3)31-23-16-13-14-21-30-40-47-4/h41-42,45H,5-40H2,1-4H3. The first kappa shape index (κ1) is 47.4. The highest BCUT2D eigenvalue weighted by Gasteiger charge is 2.14. The second kappa shape index (κ2) is 39.1. The van der Waals surface area contributed by atoms with Crippen molar-refractivity contribution in [2.45, 2.75) is 226 Å². The van der Waals surface area contributed by atoms with Gasteiger partial charge in [-0.25, -0.2) is 0 Å². The number of methoxy groups -OCH3 is 1. The lowest BCUT2D eigenvalue weighted by Gasteiger charge is -2.21. The average Bonchev–Trinajstić information content (AvgIpc) is 3.08. The van der Waals surface area contributed by atoms with Crippen LogP contribution in [0, 0.1) is 5.92 Å². The van der Waals surface area contributed by atoms with E-state index in [1.807, 2.05) is 0 Å². The molecule has 0 aliphatic carbocycles. The molecule has 5 heteroatoms. The van der Waals surface area contributed by atoms with Crippen LogP contribution in [0.4, 0.5) is 0 Å². The van der Waals surface area contributed by atoms with Gasteiger partial charge in [-0.2, -0.15) is 0 Å². The number of aliphatic hydroxyl groups excluding tert-OH is 1. The molecule has 0 saturated heterocycles. The number of hydrogen-bond acceptors (Lipinski definition) is 5. The molecule has 0 aromatic rings. The van der Waals surface area contributed by atoms with E-state index in [-0.39, 0.29) is 18.7 Å². The fraction of sp³-hybridized carbons (Fsp3) is 0.977. The molecule has 0 aromatic heterocycles. The van der Waals surface area contributed by atoms with E-state index in [4.69, 9.17) is 9.47 Å². The van der Waals surface area contributed by atoms with Gasteiger partial charge in [0.15, 0.2) is 0 Å². The molecule has 1 atom stereocenters. The van der Waals surface area contributed by atoms with Crippen molar-refractivity contribution in [2.24, 2.45) is 5.92 Å². The van der Waals surface area contributed by atoms with E-state index in [0.29, 0.717) is 6.42 Å². The summed E-state index contributed by atoms with van der Waals surface area (Å²) in [6.45, 7) is 11.1. The van der Waals surface area contributed by atoms with Gasteiger partial charge in [-0.15, -0.1) is 0 Å². The van der Waals surface area contributed by atoms with Crippen LogP contribution < -0.4 is 0 Å². The Labute approximate surface area is 301 Å². The minimum absolute atomic E-state index is 0.0323. The Kier molecular flexibility index (Phi) is 38.6. The van der Waals surface area contributed by atoms with Crippen LogP contribution in [0.3, 0.4) is 0 Å². The Bertz CT molecular complexity index is 614. The van der Waals surface area contributed by atoms with Crippen LogP contribution in [0.1, 0.15) is 220 Å². The quantitative estimate of drug-likeness (QED) is 0.0515. The Morgan fingerprint density at radius 2 is 0.958 bits per heavy atom. The fourth-order valence-corrected chi connectivity index (χ4v) is 7.02. The summed E-state index contributed by atoms with van der Waals surface area (Å²) < 4.78 is 11.2. The van der Waals surface area contributed by atoms with E-state index in [1.165, 1.54) is 167 Å². The topological polar surface area (TPSA) is 59.0 Å². The highest BCUT2D eigenvalue weighted by molar-refractivity contribution is 5.69. The van der Waals surface area contributed by atoms with Gasteiger partial charge in [-0.05, 0) is 70.4 Å². The second-order valence-electron chi connectivity index (χ2n) is 15.2. The van der Waals surface area contributed by atoms with Gasteiger partial charge in [0.05, 0.1) is 6.61 Å². The summed E-state index contributed by atoms with van der Waals surface area (Å²) in [7, 11) is 1.79. The summed E-state index contributed by atoms with van der Waals surface area (Å²) in [4.78, 5) is 15.1. The zero-order chi connectivity index (χ0) is 35.2. The molecule has 1 N–H and O–H groups in total. The van der Waals surface area contributed by atoms with Crippen LogP contribution in [0.25, 0.3) is 0 Å². The van der Waals surface area contributed by atoms with Gasteiger partial charge in [-0.1, -0.05) is 162 Å². The first-order valence-electron chi connectivity index (χ1n) is 21.6. The molecule has 0 aliphatic heterocycles. The van der Waals surface area contributed by atoms with Gasteiger partial charge in [0.25, 0.3) is 0 Å². The number of rotatable bonds is 40. The third-order valence-corrected chi connectivity index (χ3v) is 10.3. The highest BCUT2D eigenvalue weighted by Crippen LogP contribution is 2.20. The van der Waals surface area contributed by atoms with Crippen LogP contribution in [-0.2, 0) is 14.3 Å². The van der Waals surface area contributed by atoms with Crippen molar-refractivity contribution in [1.82, 2.24) is 4.90 Å². The van der Waals surface area contributed by atoms with Crippen molar-refractivity contribution in [1.29, 1.82) is 0 Å². The first-order valence-corrected chi connectivity index (χ1v) is 21.6. The molecule has 0 saturated carbocycles. The summed E-state index contributed by atoms with van der Waals surface area (Å²) in [6, 6.07) is 0. The van der Waals surface area contributed by atoms with Gasteiger partial charge < -0.3 is 19.5 Å². The molecule has 0 spiro atoms. The van der Waals surface area contributed by atoms with E-state index in [0.717, 1.165) is 57.8 Å². The Morgan fingerprint density at radius 3 is 1.46 bits per heavy atom. The van der Waals surface area contributed by atoms with Crippen LogP contribution in [-0.4, -0.2) is 62.0 Å². The summed E-state index contributed by atoms with van der Waals surface area (Å²) in [5.41, 5.74) is 0. The fourth-order valence-electron chi connectivity index (χ4n) is 7.02. The number of ether oxygens (including phenoxy) is 2. The lowest BCUT2D eigenvalue weighted by atomic mass is 9.96. The third-order valence-electron chi connectivity index (χ3n) is 10.3. The molecule has 5 nitrogen and oxygen atoms in total. The zero-order valence-corrected chi connectivity index (χ0v) is 33.2. The van der Waals surface area contributed by atoms with Crippen molar-refractivity contribution in [3.05, 3.63) is 0 Å². The normalized spacial score (nSPS) is 12.4. The lowest BCUT2D eigenvalue weighted by molar-refractivity contribution is -0.150. The van der Waals surface area contributed by atoms with E-state index in [1.54, 1.807) is 7.11 Å². The molecular formula is C43H87NO4. The summed E-state index contributed by atoms with van der Waals surface area (Å²) >= 11 is 0. The molecule has 288 valence electrons. The monoisotopic (exact) mass is 682 g/mol. The lowest BCUT2D eigenvalue weighted by Crippen LogP contribution is -2.29. The summed E-state index contributed by atoms with van der Waals surface area (Å²) in [5.74, 6) is 0.885. The van der Waals surface area contributed by atoms with Crippen molar-refractivity contribution in [3.8, 4) is 0 Å². The maximum atomic E-state index is 12.7. The number of esters is 1. The zero-order valence-electron chi connectivity index (χ0n) is 33.2. The molecule has 0 amide bonds. The summed E-state index contributed by atoms with van der Waals surface area (Å²) in [5, 5.41) is 9.57. The Balaban J connectivity index is 3.98. The molecule has 0 radical (unpaired) electrons. The number of carbonyl (C=O) groups is 1. The number of hydrogen-bond donors (Lipinski definition) is 1. The molecule has 0 bridgehead atoms. The predicted molar refractivity (Wildman–Crippen MR) is 209 cm³/mol. The number of aliphatic hydroxyl groups is 1. The third kappa shape index (κ3) is 35.2. The number of nitrogens with zero attached hydrogens (tertiary/aromatic N) is 1. The van der Waals surface area contributed by atoms with Gasteiger partial charge in [0.2, 0.25) is 0 Å². The Hall–Kier alpha value is -0.650. The smallest absolute Gasteiger partial charge is 0.306 e. The Morgan fingerprint density at radius 1 is 0.542 bits per heavy atom. The van der Waals surface area contributed by atoms with Crippen LogP contribution >= 0.6 is 0 Å². The van der Waals surface area contributed by atoms with Gasteiger partial charge >= 0.3 is 5.97 Å². The first-order chi connectivity index (χ1) is 23.6. The van der Waals surface area contributed by atoms with E-state index >= 15 is 0 Å². The number of unbranched alkanes of at least 4 members (excludes halogenated alkanes) is 21. The van der Waals surface area contributed by atoms with Gasteiger partial charge in [0.1, 0.15) is 6.10 Å². The minimum Gasteiger partial charge on any atom is -0.462 e. The highest BCUT2D eigenvalue weighted by atomic mass is 16.5. The molecule has 0 rings (SSSR count). The average molecular weight is 682 g/mol. The largest absolute Gasteiger partial charge is 0.462 e. The molecule has 1 unspecified atom stereocenters. The van der Waals surface area contributed by atoms with Crippen LogP contribution in [0.5, 0.6) is 0 Å². The van der Waals surface area contributed by atoms with Gasteiger partial charge in [0, 0.05) is 26.7 Å². The van der Waals surface area contributed by atoms with Crippen molar-refractivity contribution in [2.75, 3.05) is 40.0 Å². The van der Waals surface area contributed by atoms with Crippen molar-refractivity contribution in [3.63, 3.8) is 0 Å². The SMILES string of the molecule is CCCCCCCCC(CCCCCCCC)OC(=O)CCCCCCCN(CCO)CCCCCC(C)CCCCCCCCOC. The molecule has 0 fully saturated rings. The molecule has 0 heterocycles.